The molecule has 0 heterocycles. The Kier molecular flexibility index (Phi) is 4.62. The zero-order valence-electron chi connectivity index (χ0n) is 10.9. The van der Waals surface area contributed by atoms with Gasteiger partial charge in [0.1, 0.15) is 5.82 Å². The van der Waals surface area contributed by atoms with E-state index in [2.05, 4.69) is 5.43 Å². The second kappa shape index (κ2) is 5.58. The summed E-state index contributed by atoms with van der Waals surface area (Å²) in [5.74, 6) is 5.39. The Morgan fingerprint density at radius 1 is 1.53 bits per heavy atom. The van der Waals surface area contributed by atoms with Gasteiger partial charge in [-0.1, -0.05) is 13.0 Å². The minimum absolute atomic E-state index is 0.168. The molecule has 2 atom stereocenters. The summed E-state index contributed by atoms with van der Waals surface area (Å²) in [6.07, 6.45) is 0.801. The molecule has 2 unspecified atom stereocenters. The Bertz CT molecular complexity index is 378. The van der Waals surface area contributed by atoms with Crippen LogP contribution in [0.4, 0.5) is 4.39 Å². The molecule has 3 nitrogen and oxygen atoms in total. The van der Waals surface area contributed by atoms with Gasteiger partial charge in [-0.15, -0.1) is 0 Å². The number of hydrogen-bond acceptors (Lipinski definition) is 3. The molecule has 0 fully saturated rings. The lowest BCUT2D eigenvalue weighted by atomic mass is 9.86. The molecule has 0 aliphatic carbocycles. The molecule has 1 aromatic rings. The number of benzene rings is 1. The van der Waals surface area contributed by atoms with E-state index in [1.54, 1.807) is 13.2 Å². The van der Waals surface area contributed by atoms with Crippen LogP contribution in [0.3, 0.4) is 0 Å². The number of nitrogens with two attached hydrogens (primary N) is 1. The first kappa shape index (κ1) is 14.1. The molecule has 0 saturated carbocycles. The molecule has 1 aromatic carbocycles. The Hall–Kier alpha value is -0.970. The molecule has 0 bridgehead atoms. The highest BCUT2D eigenvalue weighted by Gasteiger charge is 2.33. The topological polar surface area (TPSA) is 47.3 Å². The Labute approximate surface area is 102 Å². The summed E-state index contributed by atoms with van der Waals surface area (Å²) in [4.78, 5) is 0. The number of hydrogen-bond donors (Lipinski definition) is 2. The van der Waals surface area contributed by atoms with Gasteiger partial charge in [-0.2, -0.15) is 0 Å². The van der Waals surface area contributed by atoms with Crippen LogP contribution in [0.5, 0.6) is 0 Å². The van der Waals surface area contributed by atoms with Crippen LogP contribution in [0.1, 0.15) is 37.4 Å². The van der Waals surface area contributed by atoms with Crippen molar-refractivity contribution in [1.29, 1.82) is 0 Å². The van der Waals surface area contributed by atoms with E-state index < -0.39 is 5.60 Å². The van der Waals surface area contributed by atoms with Gasteiger partial charge in [0.25, 0.3) is 0 Å². The van der Waals surface area contributed by atoms with E-state index in [0.29, 0.717) is 0 Å². The van der Waals surface area contributed by atoms with Crippen LogP contribution >= 0.6 is 0 Å². The maximum Gasteiger partial charge on any atom is 0.123 e. The van der Waals surface area contributed by atoms with Crippen molar-refractivity contribution in [3.63, 3.8) is 0 Å². The molecule has 0 aromatic heterocycles. The van der Waals surface area contributed by atoms with E-state index in [-0.39, 0.29) is 11.9 Å². The fraction of sp³-hybridized carbons (Fsp3) is 0.538. The molecule has 0 radical (unpaired) electrons. The summed E-state index contributed by atoms with van der Waals surface area (Å²) in [6, 6.07) is 4.53. The van der Waals surface area contributed by atoms with Crippen molar-refractivity contribution in [1.82, 2.24) is 5.43 Å². The Balaban J connectivity index is 3.17. The standard InChI is InChI=1S/C13H21FN2O/c1-5-13(3,17-4)12(16-15)11-7-6-10(14)8-9(11)2/h6-8,12,16H,5,15H2,1-4H3. The third-order valence-electron chi connectivity index (χ3n) is 3.49. The van der Waals surface area contributed by atoms with Crippen LogP contribution in [-0.2, 0) is 4.74 Å². The predicted octanol–water partition coefficient (Wildman–Crippen LogP) is 2.45. The van der Waals surface area contributed by atoms with Gasteiger partial charge in [0, 0.05) is 7.11 Å². The number of halogens is 1. The highest BCUT2D eigenvalue weighted by atomic mass is 19.1. The van der Waals surface area contributed by atoms with Crippen molar-refractivity contribution in [2.24, 2.45) is 5.84 Å². The second-order valence-corrected chi connectivity index (χ2v) is 4.47. The van der Waals surface area contributed by atoms with Crippen molar-refractivity contribution >= 4 is 0 Å². The lowest BCUT2D eigenvalue weighted by Gasteiger charge is -2.36. The minimum atomic E-state index is -0.419. The number of methoxy groups -OCH3 is 1. The summed E-state index contributed by atoms with van der Waals surface area (Å²) in [6.45, 7) is 5.89. The fourth-order valence-electron chi connectivity index (χ4n) is 2.02. The van der Waals surface area contributed by atoms with Crippen LogP contribution in [0.25, 0.3) is 0 Å². The Morgan fingerprint density at radius 3 is 2.59 bits per heavy atom. The van der Waals surface area contributed by atoms with Crippen LogP contribution in [-0.4, -0.2) is 12.7 Å². The van der Waals surface area contributed by atoms with Crippen molar-refractivity contribution < 1.29 is 9.13 Å². The van der Waals surface area contributed by atoms with Crippen molar-refractivity contribution in [2.45, 2.75) is 38.8 Å². The summed E-state index contributed by atoms with van der Waals surface area (Å²) < 4.78 is 18.6. The van der Waals surface area contributed by atoms with Gasteiger partial charge in [0.15, 0.2) is 0 Å². The maximum absolute atomic E-state index is 13.1. The minimum Gasteiger partial charge on any atom is -0.376 e. The summed E-state index contributed by atoms with van der Waals surface area (Å²) >= 11 is 0. The van der Waals surface area contributed by atoms with Crippen LogP contribution in [0, 0.1) is 12.7 Å². The lowest BCUT2D eigenvalue weighted by Crippen LogP contribution is -2.46. The van der Waals surface area contributed by atoms with Crippen LogP contribution < -0.4 is 11.3 Å². The largest absolute Gasteiger partial charge is 0.376 e. The first-order valence-electron chi connectivity index (χ1n) is 5.75. The fourth-order valence-corrected chi connectivity index (χ4v) is 2.02. The first-order valence-corrected chi connectivity index (χ1v) is 5.75. The molecule has 0 saturated heterocycles. The van der Waals surface area contributed by atoms with E-state index >= 15 is 0 Å². The van der Waals surface area contributed by atoms with Crippen LogP contribution in [0.15, 0.2) is 18.2 Å². The monoisotopic (exact) mass is 240 g/mol. The highest BCUT2D eigenvalue weighted by Crippen LogP contribution is 2.32. The number of ether oxygens (including phenoxy) is 1. The SMILES string of the molecule is CCC(C)(OC)C(NN)c1ccc(F)cc1C. The van der Waals surface area contributed by atoms with Gasteiger partial charge < -0.3 is 4.74 Å². The maximum atomic E-state index is 13.1. The van der Waals surface area contributed by atoms with E-state index in [9.17, 15) is 4.39 Å². The molecular formula is C13H21FN2O. The third-order valence-corrected chi connectivity index (χ3v) is 3.49. The quantitative estimate of drug-likeness (QED) is 0.614. The van der Waals surface area contributed by atoms with Gasteiger partial charge in [0.2, 0.25) is 0 Å². The van der Waals surface area contributed by atoms with E-state index in [1.807, 2.05) is 20.8 Å². The molecular weight excluding hydrogens is 219 g/mol. The molecule has 1 rings (SSSR count). The summed E-state index contributed by atoms with van der Waals surface area (Å²) in [5, 5.41) is 0. The average molecular weight is 240 g/mol. The highest BCUT2D eigenvalue weighted by molar-refractivity contribution is 5.31. The number of nitrogens with one attached hydrogen (secondary N) is 1. The van der Waals surface area contributed by atoms with Crippen molar-refractivity contribution in [3.05, 3.63) is 35.1 Å². The van der Waals surface area contributed by atoms with Crippen molar-refractivity contribution in [3.8, 4) is 0 Å². The smallest absolute Gasteiger partial charge is 0.123 e. The molecule has 17 heavy (non-hydrogen) atoms. The third kappa shape index (κ3) is 2.83. The van der Waals surface area contributed by atoms with Gasteiger partial charge >= 0.3 is 0 Å². The lowest BCUT2D eigenvalue weighted by molar-refractivity contribution is -0.0302. The number of hydrazine groups is 1. The molecule has 96 valence electrons. The van der Waals surface area contributed by atoms with E-state index in [4.69, 9.17) is 10.6 Å². The zero-order valence-corrected chi connectivity index (χ0v) is 10.9. The van der Waals surface area contributed by atoms with Gasteiger partial charge in [0.05, 0.1) is 11.6 Å². The zero-order chi connectivity index (χ0) is 13.1. The molecule has 0 aliphatic heterocycles. The molecule has 0 amide bonds. The number of aryl methyl sites for hydroxylation is 1. The first-order chi connectivity index (χ1) is 7.98. The van der Waals surface area contributed by atoms with E-state index in [1.165, 1.54) is 12.1 Å². The van der Waals surface area contributed by atoms with Gasteiger partial charge in [-0.3, -0.25) is 11.3 Å². The molecule has 0 aliphatic rings. The summed E-state index contributed by atoms with van der Waals surface area (Å²) in [7, 11) is 1.66. The summed E-state index contributed by atoms with van der Waals surface area (Å²) in [5.41, 5.74) is 4.18. The van der Waals surface area contributed by atoms with Gasteiger partial charge in [-0.05, 0) is 43.5 Å². The second-order valence-electron chi connectivity index (χ2n) is 4.47. The van der Waals surface area contributed by atoms with Crippen molar-refractivity contribution in [2.75, 3.05) is 7.11 Å². The normalized spacial score (nSPS) is 16.6. The molecule has 3 N–H and O–H groups in total. The van der Waals surface area contributed by atoms with Crippen LogP contribution in [0.2, 0.25) is 0 Å². The van der Waals surface area contributed by atoms with E-state index in [0.717, 1.165) is 17.5 Å². The average Bonchev–Trinajstić information content (AvgIpc) is 2.32. The van der Waals surface area contributed by atoms with Gasteiger partial charge in [-0.25, -0.2) is 4.39 Å². The predicted molar refractivity (Wildman–Crippen MR) is 66.9 cm³/mol. The number of rotatable bonds is 5. The molecule has 4 heteroatoms. The molecule has 0 spiro atoms. The Morgan fingerprint density at radius 2 is 2.18 bits per heavy atom.